The number of carboxylic acids is 1. The maximum atomic E-state index is 12.2. The number of benzene rings is 2. The van der Waals surface area contributed by atoms with Crippen LogP contribution in [0.25, 0.3) is 0 Å². The molecule has 0 aliphatic heterocycles. The van der Waals surface area contributed by atoms with Crippen LogP contribution in [0.5, 0.6) is 5.75 Å². The second-order valence-corrected chi connectivity index (χ2v) is 6.40. The highest BCUT2D eigenvalue weighted by atomic mass is 79.9. The maximum absolute atomic E-state index is 12.2. The zero-order valence-electron chi connectivity index (χ0n) is 12.8. The molecule has 3 N–H and O–H groups in total. The van der Waals surface area contributed by atoms with Crippen molar-refractivity contribution in [1.29, 1.82) is 0 Å². The molecule has 0 spiro atoms. The van der Waals surface area contributed by atoms with E-state index in [4.69, 9.17) is 33.7 Å². The zero-order valence-corrected chi connectivity index (χ0v) is 16.0. The first kappa shape index (κ1) is 19.2. The summed E-state index contributed by atoms with van der Waals surface area (Å²) < 4.78 is 5.77. The smallest absolute Gasteiger partial charge is 0.335 e. The second kappa shape index (κ2) is 8.28. The Balaban J connectivity index is 2.21. The summed E-state index contributed by atoms with van der Waals surface area (Å²) in [4.78, 5) is 23.4. The Morgan fingerprint density at radius 2 is 1.96 bits per heavy atom. The van der Waals surface area contributed by atoms with E-state index in [1.165, 1.54) is 19.2 Å². The number of anilines is 1. The zero-order chi connectivity index (χ0) is 18.6. The van der Waals surface area contributed by atoms with E-state index in [0.717, 1.165) is 0 Å². The molecule has 0 atom stereocenters. The standard InChI is InChI=1S/C16H12BrClN2O4S/c1-24-13-11(18)6-8(15(22)23)7-12(13)19-16(25)20-14(21)9-4-2-3-5-10(9)17/h2-7H,1H3,(H,22,23)(H2,19,20,21,25). The summed E-state index contributed by atoms with van der Waals surface area (Å²) in [6.07, 6.45) is 0. The van der Waals surface area contributed by atoms with Gasteiger partial charge < -0.3 is 15.2 Å². The fraction of sp³-hybridized carbons (Fsp3) is 0.0625. The molecule has 0 saturated carbocycles. The van der Waals surface area contributed by atoms with Gasteiger partial charge >= 0.3 is 5.97 Å². The second-order valence-electron chi connectivity index (χ2n) is 4.73. The predicted octanol–water partition coefficient (Wildman–Crippen LogP) is 3.94. The van der Waals surface area contributed by atoms with Crippen molar-refractivity contribution in [2.75, 3.05) is 12.4 Å². The SMILES string of the molecule is COc1c(Cl)cc(C(=O)O)cc1NC(=S)NC(=O)c1ccccc1Br. The van der Waals surface area contributed by atoms with E-state index in [-0.39, 0.29) is 27.1 Å². The third-order valence-electron chi connectivity index (χ3n) is 3.09. The van der Waals surface area contributed by atoms with Crippen LogP contribution in [-0.4, -0.2) is 29.2 Å². The molecule has 0 fully saturated rings. The molecule has 0 radical (unpaired) electrons. The number of carbonyl (C=O) groups excluding carboxylic acids is 1. The maximum Gasteiger partial charge on any atom is 0.335 e. The van der Waals surface area contributed by atoms with Crippen molar-refractivity contribution in [2.45, 2.75) is 0 Å². The number of nitrogens with one attached hydrogen (secondary N) is 2. The molecule has 0 aliphatic rings. The molecule has 0 unspecified atom stereocenters. The van der Waals surface area contributed by atoms with E-state index in [1.807, 2.05) is 0 Å². The molecule has 0 bridgehead atoms. The third-order valence-corrected chi connectivity index (χ3v) is 4.26. The minimum atomic E-state index is -1.16. The molecule has 2 aromatic carbocycles. The van der Waals surface area contributed by atoms with E-state index >= 15 is 0 Å². The minimum absolute atomic E-state index is 0.0299. The van der Waals surface area contributed by atoms with E-state index in [0.29, 0.717) is 10.0 Å². The first-order chi connectivity index (χ1) is 11.8. The van der Waals surface area contributed by atoms with Gasteiger partial charge in [0.1, 0.15) is 0 Å². The van der Waals surface area contributed by atoms with Gasteiger partial charge in [0.05, 0.1) is 28.9 Å². The van der Waals surface area contributed by atoms with Crippen LogP contribution < -0.4 is 15.4 Å². The highest BCUT2D eigenvalue weighted by molar-refractivity contribution is 9.10. The lowest BCUT2D eigenvalue weighted by Crippen LogP contribution is -2.34. The average Bonchev–Trinajstić information content (AvgIpc) is 2.54. The number of hydrogen-bond acceptors (Lipinski definition) is 4. The van der Waals surface area contributed by atoms with Crippen molar-refractivity contribution in [3.05, 3.63) is 57.0 Å². The van der Waals surface area contributed by atoms with E-state index in [9.17, 15) is 9.59 Å². The number of rotatable bonds is 4. The summed E-state index contributed by atoms with van der Waals surface area (Å²) in [5.41, 5.74) is 0.578. The van der Waals surface area contributed by atoms with E-state index < -0.39 is 11.9 Å². The Kier molecular flexibility index (Phi) is 6.35. The summed E-state index contributed by atoms with van der Waals surface area (Å²) in [6, 6.07) is 9.42. The van der Waals surface area contributed by atoms with Crippen molar-refractivity contribution in [1.82, 2.24) is 5.32 Å². The largest absolute Gasteiger partial charge is 0.493 e. The number of ether oxygens (including phenoxy) is 1. The van der Waals surface area contributed by atoms with Crippen LogP contribution in [0.3, 0.4) is 0 Å². The van der Waals surface area contributed by atoms with Gasteiger partial charge in [-0.3, -0.25) is 10.1 Å². The first-order valence-electron chi connectivity index (χ1n) is 6.81. The summed E-state index contributed by atoms with van der Waals surface area (Å²) in [6.45, 7) is 0. The molecule has 1 amide bonds. The normalized spacial score (nSPS) is 10.0. The average molecular weight is 444 g/mol. The monoisotopic (exact) mass is 442 g/mol. The molecular formula is C16H12BrClN2O4S. The molecule has 0 heterocycles. The fourth-order valence-electron chi connectivity index (χ4n) is 1.99. The fourth-order valence-corrected chi connectivity index (χ4v) is 2.95. The predicted molar refractivity (Wildman–Crippen MR) is 103 cm³/mol. The lowest BCUT2D eigenvalue weighted by atomic mass is 10.2. The molecule has 2 rings (SSSR count). The lowest BCUT2D eigenvalue weighted by Gasteiger charge is -2.15. The number of hydrogen-bond donors (Lipinski definition) is 3. The van der Waals surface area contributed by atoms with Crippen LogP contribution >= 0.6 is 39.7 Å². The van der Waals surface area contributed by atoms with Gasteiger partial charge in [-0.1, -0.05) is 23.7 Å². The van der Waals surface area contributed by atoms with Gasteiger partial charge in [0.2, 0.25) is 0 Å². The lowest BCUT2D eigenvalue weighted by molar-refractivity contribution is 0.0696. The van der Waals surface area contributed by atoms with Gasteiger partial charge in [0, 0.05) is 4.47 Å². The molecular weight excluding hydrogens is 432 g/mol. The van der Waals surface area contributed by atoms with Gasteiger partial charge in [-0.15, -0.1) is 0 Å². The number of carbonyl (C=O) groups is 2. The Bertz CT molecular complexity index is 860. The topological polar surface area (TPSA) is 87.7 Å². The summed E-state index contributed by atoms with van der Waals surface area (Å²) in [5.74, 6) is -1.37. The number of methoxy groups -OCH3 is 1. The van der Waals surface area contributed by atoms with Gasteiger partial charge in [-0.2, -0.15) is 0 Å². The van der Waals surface area contributed by atoms with Crippen LogP contribution in [-0.2, 0) is 0 Å². The number of halogens is 2. The van der Waals surface area contributed by atoms with Crippen LogP contribution in [0, 0.1) is 0 Å². The summed E-state index contributed by atoms with van der Waals surface area (Å²) in [5, 5.41) is 14.4. The molecule has 25 heavy (non-hydrogen) atoms. The Morgan fingerprint density at radius 3 is 2.56 bits per heavy atom. The highest BCUT2D eigenvalue weighted by Crippen LogP contribution is 2.34. The van der Waals surface area contributed by atoms with Crippen molar-refractivity contribution < 1.29 is 19.4 Å². The van der Waals surface area contributed by atoms with Crippen molar-refractivity contribution >= 4 is 62.4 Å². The summed E-state index contributed by atoms with van der Waals surface area (Å²) in [7, 11) is 1.38. The van der Waals surface area contributed by atoms with Gasteiger partial charge in [0.25, 0.3) is 5.91 Å². The van der Waals surface area contributed by atoms with Gasteiger partial charge in [0.15, 0.2) is 10.9 Å². The van der Waals surface area contributed by atoms with Crippen LogP contribution in [0.1, 0.15) is 20.7 Å². The van der Waals surface area contributed by atoms with Gasteiger partial charge in [-0.25, -0.2) is 4.79 Å². The molecule has 2 aromatic rings. The molecule has 130 valence electrons. The van der Waals surface area contributed by atoms with E-state index in [1.54, 1.807) is 24.3 Å². The summed E-state index contributed by atoms with van der Waals surface area (Å²) >= 11 is 14.4. The van der Waals surface area contributed by atoms with Crippen molar-refractivity contribution in [3.8, 4) is 5.75 Å². The third kappa shape index (κ3) is 4.68. The molecule has 0 aliphatic carbocycles. The van der Waals surface area contributed by atoms with Crippen LogP contribution in [0.15, 0.2) is 40.9 Å². The van der Waals surface area contributed by atoms with Crippen molar-refractivity contribution in [2.24, 2.45) is 0 Å². The van der Waals surface area contributed by atoms with E-state index in [2.05, 4.69) is 26.6 Å². The first-order valence-corrected chi connectivity index (χ1v) is 8.39. The Morgan fingerprint density at radius 1 is 1.28 bits per heavy atom. The van der Waals surface area contributed by atoms with Gasteiger partial charge in [-0.05, 0) is 52.4 Å². The number of thiocarbonyl (C=S) groups is 1. The molecule has 0 saturated heterocycles. The molecule has 6 nitrogen and oxygen atoms in total. The number of aromatic carboxylic acids is 1. The minimum Gasteiger partial charge on any atom is -0.493 e. The number of carboxylic acid groups (broad SMARTS) is 1. The molecule has 0 aromatic heterocycles. The van der Waals surface area contributed by atoms with Crippen LogP contribution in [0.2, 0.25) is 5.02 Å². The quantitative estimate of drug-likeness (QED) is 0.621. The van der Waals surface area contributed by atoms with Crippen molar-refractivity contribution in [3.63, 3.8) is 0 Å². The molecule has 9 heteroatoms. The highest BCUT2D eigenvalue weighted by Gasteiger charge is 2.16. The number of amides is 1. The Labute approximate surface area is 162 Å². The Hall–Kier alpha value is -2.16. The van der Waals surface area contributed by atoms with Crippen LogP contribution in [0.4, 0.5) is 5.69 Å².